The lowest BCUT2D eigenvalue weighted by Crippen LogP contribution is -2.20. The highest BCUT2D eigenvalue weighted by Gasteiger charge is 2.23. The number of ether oxygens (including phenoxy) is 1. The van der Waals surface area contributed by atoms with Crippen LogP contribution in [0.15, 0.2) is 47.0 Å². The summed E-state index contributed by atoms with van der Waals surface area (Å²) in [5, 5.41) is 3.48. The first-order chi connectivity index (χ1) is 11.7. The number of methoxy groups -OCH3 is 1. The van der Waals surface area contributed by atoms with Gasteiger partial charge in [0.2, 0.25) is 0 Å². The quantitative estimate of drug-likeness (QED) is 0.289. The van der Waals surface area contributed by atoms with Crippen molar-refractivity contribution in [2.24, 2.45) is 10.1 Å². The van der Waals surface area contributed by atoms with E-state index in [4.69, 9.17) is 10.3 Å². The fourth-order valence-corrected chi connectivity index (χ4v) is 3.07. The molecule has 0 N–H and O–H groups in total. The van der Waals surface area contributed by atoms with Crippen LogP contribution in [0, 0.1) is 0 Å². The molecule has 2 rings (SSSR count). The fraction of sp³-hybridized carbons (Fsp3) is 0.500. The van der Waals surface area contributed by atoms with Crippen molar-refractivity contribution in [3.8, 4) is 0 Å². The molecule has 1 unspecified atom stereocenters. The number of azide groups is 1. The number of hydrogen-bond donors (Lipinski definition) is 0. The Balaban J connectivity index is 2.10. The number of halogens is 1. The minimum atomic E-state index is -0.855. The number of allylic oxidation sites excluding steroid dienone is 1. The van der Waals surface area contributed by atoms with E-state index in [1.807, 2.05) is 30.3 Å². The lowest BCUT2D eigenvalue weighted by Gasteiger charge is -2.23. The third kappa shape index (κ3) is 4.43. The zero-order chi connectivity index (χ0) is 17.4. The molecule has 6 heteroatoms. The largest absolute Gasteiger partial charge is 0.376 e. The minimum Gasteiger partial charge on any atom is -0.376 e. The topological polar surface area (TPSA) is 70.4 Å². The maximum Gasteiger partial charge on any atom is 0.101 e. The summed E-state index contributed by atoms with van der Waals surface area (Å²) in [6, 6.07) is 7.05. The summed E-state index contributed by atoms with van der Waals surface area (Å²) in [5.41, 5.74) is 11.8. The van der Waals surface area contributed by atoms with Crippen LogP contribution in [0.3, 0.4) is 0 Å². The van der Waals surface area contributed by atoms with Gasteiger partial charge in [-0.2, -0.15) is 0 Å². The van der Waals surface area contributed by atoms with Crippen molar-refractivity contribution < 1.29 is 9.13 Å². The van der Waals surface area contributed by atoms with Crippen LogP contribution in [0.25, 0.3) is 10.4 Å². The molecule has 1 aliphatic rings. The predicted octanol–water partition coefficient (Wildman–Crippen LogP) is 4.92. The first-order valence-electron chi connectivity index (χ1n) is 8.09. The predicted molar refractivity (Wildman–Crippen MR) is 94.2 cm³/mol. The number of rotatable bonds is 8. The van der Waals surface area contributed by atoms with Gasteiger partial charge in [-0.05, 0) is 29.5 Å². The Morgan fingerprint density at radius 1 is 1.50 bits per heavy atom. The molecule has 3 atom stereocenters. The summed E-state index contributed by atoms with van der Waals surface area (Å²) >= 11 is 0. The van der Waals surface area contributed by atoms with Gasteiger partial charge in [-0.15, -0.1) is 6.58 Å². The summed E-state index contributed by atoms with van der Waals surface area (Å²) in [4.78, 5) is 7.33. The van der Waals surface area contributed by atoms with Gasteiger partial charge in [-0.3, -0.25) is 9.38 Å². The van der Waals surface area contributed by atoms with Gasteiger partial charge in [-0.25, -0.2) is 0 Å². The van der Waals surface area contributed by atoms with Crippen LogP contribution in [0.4, 0.5) is 4.39 Å². The van der Waals surface area contributed by atoms with E-state index in [-0.39, 0.29) is 0 Å². The molecule has 0 aliphatic carbocycles. The Hall–Kier alpha value is -2.17. The first-order valence-corrected chi connectivity index (χ1v) is 8.09. The lowest BCUT2D eigenvalue weighted by atomic mass is 9.89. The Bertz CT molecular complexity index is 622. The van der Waals surface area contributed by atoms with Crippen LogP contribution < -0.4 is 0 Å². The number of aliphatic imine (C=N–C) groups is 1. The first kappa shape index (κ1) is 18.2. The Morgan fingerprint density at radius 2 is 2.25 bits per heavy atom. The fourth-order valence-electron chi connectivity index (χ4n) is 3.07. The van der Waals surface area contributed by atoms with Gasteiger partial charge in [-0.1, -0.05) is 35.5 Å². The molecule has 0 spiro atoms. The average Bonchev–Trinajstić information content (AvgIpc) is 2.63. The minimum absolute atomic E-state index is 0.405. The van der Waals surface area contributed by atoms with E-state index >= 15 is 0 Å². The van der Waals surface area contributed by atoms with E-state index in [0.717, 1.165) is 31.4 Å². The maximum atomic E-state index is 13.1. The van der Waals surface area contributed by atoms with Crippen molar-refractivity contribution in [1.29, 1.82) is 0 Å². The van der Waals surface area contributed by atoms with Crippen molar-refractivity contribution in [2.75, 3.05) is 20.3 Å². The molecule has 1 aromatic carbocycles. The molecule has 0 fully saturated rings. The molecule has 128 valence electrons. The summed E-state index contributed by atoms with van der Waals surface area (Å²) in [6.45, 7) is 3.79. The van der Waals surface area contributed by atoms with Crippen LogP contribution in [0.1, 0.15) is 42.4 Å². The van der Waals surface area contributed by atoms with Gasteiger partial charge in [0.1, 0.15) is 6.67 Å². The molecule has 0 amide bonds. The summed E-state index contributed by atoms with van der Waals surface area (Å²) < 4.78 is 18.4. The van der Waals surface area contributed by atoms with E-state index in [1.165, 1.54) is 18.4 Å². The lowest BCUT2D eigenvalue weighted by molar-refractivity contribution is 0.0722. The Morgan fingerprint density at radius 3 is 2.75 bits per heavy atom. The molecular formula is C18H23FN4O. The van der Waals surface area contributed by atoms with E-state index in [9.17, 15) is 4.39 Å². The zero-order valence-electron chi connectivity index (χ0n) is 13.9. The molecule has 0 radical (unpaired) electrons. The van der Waals surface area contributed by atoms with Gasteiger partial charge in [0, 0.05) is 36.6 Å². The zero-order valence-corrected chi connectivity index (χ0v) is 13.9. The molecule has 1 aromatic rings. The summed E-state index contributed by atoms with van der Waals surface area (Å²) in [5.74, 6) is 0.405. The average molecular weight is 330 g/mol. The monoisotopic (exact) mass is 330 g/mol. The van der Waals surface area contributed by atoms with Gasteiger partial charge in [0.05, 0.1) is 12.1 Å². The molecule has 0 saturated heterocycles. The normalized spacial score (nSPS) is 19.8. The van der Waals surface area contributed by atoms with Crippen LogP contribution in [0.5, 0.6) is 0 Å². The highest BCUT2D eigenvalue weighted by molar-refractivity contribution is 5.86. The summed E-state index contributed by atoms with van der Waals surface area (Å²) in [7, 11) is 1.49. The van der Waals surface area contributed by atoms with Gasteiger partial charge in [0.15, 0.2) is 0 Å². The molecule has 1 aliphatic heterocycles. The third-order valence-electron chi connectivity index (χ3n) is 4.39. The van der Waals surface area contributed by atoms with Crippen molar-refractivity contribution in [3.63, 3.8) is 0 Å². The van der Waals surface area contributed by atoms with Gasteiger partial charge in [0.25, 0.3) is 0 Å². The number of alkyl halides is 1. The van der Waals surface area contributed by atoms with Crippen LogP contribution in [-0.2, 0) is 4.74 Å². The second-order valence-electron chi connectivity index (χ2n) is 5.88. The Labute approximate surface area is 141 Å². The number of benzene rings is 1. The van der Waals surface area contributed by atoms with Gasteiger partial charge < -0.3 is 4.74 Å². The van der Waals surface area contributed by atoms with Crippen LogP contribution in [0.2, 0.25) is 0 Å². The second-order valence-corrected chi connectivity index (χ2v) is 5.88. The molecule has 1 heterocycles. The molecular weight excluding hydrogens is 307 g/mol. The van der Waals surface area contributed by atoms with Crippen molar-refractivity contribution in [3.05, 3.63) is 58.5 Å². The van der Waals surface area contributed by atoms with Crippen molar-refractivity contribution in [2.45, 2.75) is 37.3 Å². The molecule has 0 saturated carbocycles. The van der Waals surface area contributed by atoms with E-state index in [2.05, 4.69) is 21.6 Å². The van der Waals surface area contributed by atoms with Crippen LogP contribution in [-0.4, -0.2) is 32.1 Å². The van der Waals surface area contributed by atoms with Crippen molar-refractivity contribution >= 4 is 5.71 Å². The highest BCUT2D eigenvalue weighted by Crippen LogP contribution is 2.29. The van der Waals surface area contributed by atoms with E-state index in [0.29, 0.717) is 5.92 Å². The molecule has 0 bridgehead atoms. The highest BCUT2D eigenvalue weighted by atomic mass is 19.1. The Kier molecular flexibility index (Phi) is 6.97. The smallest absolute Gasteiger partial charge is 0.101 e. The second kappa shape index (κ2) is 9.21. The molecule has 5 nitrogen and oxygen atoms in total. The summed E-state index contributed by atoms with van der Waals surface area (Å²) in [6.07, 6.45) is 4.25. The van der Waals surface area contributed by atoms with Gasteiger partial charge >= 0.3 is 0 Å². The maximum absolute atomic E-state index is 13.1. The molecule has 24 heavy (non-hydrogen) atoms. The van der Waals surface area contributed by atoms with Crippen molar-refractivity contribution in [1.82, 2.24) is 0 Å². The third-order valence-corrected chi connectivity index (χ3v) is 4.39. The van der Waals surface area contributed by atoms with Crippen LogP contribution >= 0.6 is 0 Å². The van der Waals surface area contributed by atoms with E-state index in [1.54, 1.807) is 0 Å². The number of hydrogen-bond acceptors (Lipinski definition) is 3. The van der Waals surface area contributed by atoms with E-state index < -0.39 is 18.8 Å². The standard InChI is InChI=1S/C18H23FN4O/c1-3-4-16-10-9-15(12-21-16)13-5-7-14(8-6-13)18(24-2)17(11-19)22-23-20/h3,5-8,15,17-18H,1,4,9-12H2,2H3/t15?,17-,18-/m1/s1. The number of nitrogens with zero attached hydrogens (tertiary/aromatic N) is 4. The molecule has 0 aromatic heterocycles. The SMILES string of the molecule is C=CCC1=NCC(c2ccc([C@@H](OC)[C@@H](CF)N=[N+]=[N-])cc2)CC1.